The lowest BCUT2D eigenvalue weighted by molar-refractivity contribution is 1.10. The highest BCUT2D eigenvalue weighted by Crippen LogP contribution is 2.30. The molecule has 0 aliphatic rings. The molecule has 2 N–H and O–H groups in total. The fourth-order valence-electron chi connectivity index (χ4n) is 2.56. The Hall–Kier alpha value is -2.29. The fourth-order valence-corrected chi connectivity index (χ4v) is 2.56. The Morgan fingerprint density at radius 3 is 2.53 bits per heavy atom. The summed E-state index contributed by atoms with van der Waals surface area (Å²) in [7, 11) is 0. The van der Waals surface area contributed by atoms with Gasteiger partial charge < -0.3 is 5.73 Å². The maximum absolute atomic E-state index is 6.28. The molecule has 0 bridgehead atoms. The molecule has 0 aliphatic carbocycles. The number of nitrogen functional groups attached to an aromatic ring is 1. The highest BCUT2D eigenvalue weighted by atomic mass is 15.1. The van der Waals surface area contributed by atoms with Gasteiger partial charge in [-0.15, -0.1) is 0 Å². The maximum atomic E-state index is 6.28. The van der Waals surface area contributed by atoms with Gasteiger partial charge in [-0.1, -0.05) is 29.8 Å². The van der Waals surface area contributed by atoms with E-state index in [1.54, 1.807) is 0 Å². The molecular formula is C16H17N3. The third kappa shape index (κ3) is 1.78. The number of hydrogen-bond acceptors (Lipinski definition) is 2. The van der Waals surface area contributed by atoms with Gasteiger partial charge in [0.05, 0.1) is 0 Å². The number of aromatic nitrogens is 2. The van der Waals surface area contributed by atoms with Crippen molar-refractivity contribution in [2.24, 2.45) is 0 Å². The molecule has 2 heterocycles. The van der Waals surface area contributed by atoms with E-state index in [0.29, 0.717) is 5.82 Å². The summed E-state index contributed by atoms with van der Waals surface area (Å²) in [4.78, 5) is 4.67. The quantitative estimate of drug-likeness (QED) is 0.719. The summed E-state index contributed by atoms with van der Waals surface area (Å²) in [5.41, 5.74) is 12.7. The van der Waals surface area contributed by atoms with Crippen molar-refractivity contribution in [3.63, 3.8) is 0 Å². The summed E-state index contributed by atoms with van der Waals surface area (Å²) >= 11 is 0. The molecule has 0 amide bonds. The van der Waals surface area contributed by atoms with Crippen LogP contribution in [-0.4, -0.2) is 9.38 Å². The molecule has 0 atom stereocenters. The van der Waals surface area contributed by atoms with E-state index in [4.69, 9.17) is 5.73 Å². The van der Waals surface area contributed by atoms with Crippen LogP contribution in [0, 0.1) is 20.8 Å². The minimum atomic E-state index is 0.708. The van der Waals surface area contributed by atoms with Crippen molar-refractivity contribution in [2.75, 3.05) is 5.73 Å². The zero-order chi connectivity index (χ0) is 13.6. The number of imidazole rings is 1. The van der Waals surface area contributed by atoms with Gasteiger partial charge in [-0.3, -0.25) is 4.40 Å². The average molecular weight is 251 g/mol. The molecule has 3 rings (SSSR count). The van der Waals surface area contributed by atoms with E-state index in [9.17, 15) is 0 Å². The average Bonchev–Trinajstić information content (AvgIpc) is 2.68. The molecule has 0 unspecified atom stereocenters. The molecule has 3 aromatic rings. The number of fused-ring (bicyclic) bond motifs is 1. The monoisotopic (exact) mass is 251 g/mol. The van der Waals surface area contributed by atoms with Crippen molar-refractivity contribution in [1.29, 1.82) is 0 Å². The Kier molecular flexibility index (Phi) is 2.56. The number of hydrogen-bond donors (Lipinski definition) is 1. The zero-order valence-corrected chi connectivity index (χ0v) is 11.4. The Morgan fingerprint density at radius 1 is 1.05 bits per heavy atom. The summed E-state index contributed by atoms with van der Waals surface area (Å²) in [5.74, 6) is 0.708. The Morgan fingerprint density at radius 2 is 1.84 bits per heavy atom. The first kappa shape index (κ1) is 11.8. The van der Waals surface area contributed by atoms with Gasteiger partial charge in [0.2, 0.25) is 0 Å². The summed E-state index contributed by atoms with van der Waals surface area (Å²) in [6, 6.07) is 12.4. The molecule has 0 spiro atoms. The molecule has 0 fully saturated rings. The van der Waals surface area contributed by atoms with Crippen molar-refractivity contribution in [1.82, 2.24) is 9.38 Å². The van der Waals surface area contributed by atoms with Crippen molar-refractivity contribution in [2.45, 2.75) is 20.8 Å². The molecule has 0 aliphatic heterocycles. The number of rotatable bonds is 1. The molecule has 0 saturated heterocycles. The molecule has 1 aromatic carbocycles. The first-order valence-electron chi connectivity index (χ1n) is 6.39. The molecule has 3 heteroatoms. The number of nitrogens with two attached hydrogens (primary N) is 1. The molecule has 0 radical (unpaired) electrons. The van der Waals surface area contributed by atoms with Crippen LogP contribution in [0.15, 0.2) is 36.4 Å². The van der Waals surface area contributed by atoms with E-state index in [0.717, 1.165) is 22.6 Å². The van der Waals surface area contributed by atoms with Gasteiger partial charge in [0.25, 0.3) is 0 Å². The van der Waals surface area contributed by atoms with Crippen LogP contribution in [0.2, 0.25) is 0 Å². The first-order valence-corrected chi connectivity index (χ1v) is 6.39. The first-order chi connectivity index (χ1) is 9.08. The number of pyridine rings is 1. The van der Waals surface area contributed by atoms with Gasteiger partial charge in [-0.2, -0.15) is 0 Å². The number of benzene rings is 1. The largest absolute Gasteiger partial charge is 0.383 e. The summed E-state index contributed by atoms with van der Waals surface area (Å²) in [6.45, 7) is 6.23. The predicted molar refractivity (Wildman–Crippen MR) is 79.3 cm³/mol. The number of anilines is 1. The van der Waals surface area contributed by atoms with Crippen LogP contribution in [0.1, 0.15) is 16.8 Å². The highest BCUT2D eigenvalue weighted by Gasteiger charge is 2.13. The van der Waals surface area contributed by atoms with Crippen LogP contribution in [0.3, 0.4) is 0 Å². The van der Waals surface area contributed by atoms with E-state index in [1.807, 2.05) is 29.5 Å². The second kappa shape index (κ2) is 4.12. The summed E-state index contributed by atoms with van der Waals surface area (Å²) < 4.78 is 1.99. The Balaban J connectivity index is 2.31. The lowest BCUT2D eigenvalue weighted by Crippen LogP contribution is -1.97. The minimum Gasteiger partial charge on any atom is -0.383 e. The topological polar surface area (TPSA) is 43.3 Å². The molecule has 96 valence electrons. The SMILES string of the molecule is Cc1ccc(-c2nc3cccc(C)n3c2N)c(C)c1. The van der Waals surface area contributed by atoms with Gasteiger partial charge in [0.1, 0.15) is 17.2 Å². The van der Waals surface area contributed by atoms with Crippen LogP contribution in [0.5, 0.6) is 0 Å². The van der Waals surface area contributed by atoms with E-state index < -0.39 is 0 Å². The van der Waals surface area contributed by atoms with Gasteiger partial charge >= 0.3 is 0 Å². The lowest BCUT2D eigenvalue weighted by Gasteiger charge is -2.05. The van der Waals surface area contributed by atoms with Crippen molar-refractivity contribution >= 4 is 11.5 Å². The highest BCUT2D eigenvalue weighted by molar-refractivity contribution is 5.77. The zero-order valence-electron chi connectivity index (χ0n) is 11.4. The summed E-state index contributed by atoms with van der Waals surface area (Å²) in [5, 5.41) is 0. The van der Waals surface area contributed by atoms with Gasteiger partial charge in [0, 0.05) is 11.3 Å². The molecular weight excluding hydrogens is 234 g/mol. The second-order valence-electron chi connectivity index (χ2n) is 5.02. The van der Waals surface area contributed by atoms with Gasteiger partial charge in [0.15, 0.2) is 0 Å². The standard InChI is InChI=1S/C16H17N3/c1-10-7-8-13(11(2)9-10)15-16(17)19-12(3)5-4-6-14(19)18-15/h4-9H,17H2,1-3H3. The number of aryl methyl sites for hydroxylation is 3. The third-order valence-electron chi connectivity index (χ3n) is 3.51. The van der Waals surface area contributed by atoms with Crippen LogP contribution in [-0.2, 0) is 0 Å². The Labute approximate surface area is 112 Å². The predicted octanol–water partition coefficient (Wildman–Crippen LogP) is 3.51. The molecule has 0 saturated carbocycles. The molecule has 19 heavy (non-hydrogen) atoms. The van der Waals surface area contributed by atoms with E-state index >= 15 is 0 Å². The smallest absolute Gasteiger partial charge is 0.139 e. The van der Waals surface area contributed by atoms with Gasteiger partial charge in [-0.25, -0.2) is 4.98 Å². The lowest BCUT2D eigenvalue weighted by atomic mass is 10.0. The summed E-state index contributed by atoms with van der Waals surface area (Å²) in [6.07, 6.45) is 0. The van der Waals surface area contributed by atoms with Crippen molar-refractivity contribution in [3.05, 3.63) is 53.2 Å². The van der Waals surface area contributed by atoms with E-state index in [2.05, 4.69) is 37.0 Å². The van der Waals surface area contributed by atoms with E-state index in [-0.39, 0.29) is 0 Å². The van der Waals surface area contributed by atoms with Crippen LogP contribution in [0.4, 0.5) is 5.82 Å². The maximum Gasteiger partial charge on any atom is 0.139 e. The van der Waals surface area contributed by atoms with Crippen LogP contribution < -0.4 is 5.73 Å². The second-order valence-corrected chi connectivity index (χ2v) is 5.02. The normalized spacial score (nSPS) is 11.1. The third-order valence-corrected chi connectivity index (χ3v) is 3.51. The number of nitrogens with zero attached hydrogens (tertiary/aromatic N) is 2. The van der Waals surface area contributed by atoms with Gasteiger partial charge in [-0.05, 0) is 38.5 Å². The van der Waals surface area contributed by atoms with Crippen molar-refractivity contribution in [3.8, 4) is 11.3 Å². The van der Waals surface area contributed by atoms with Crippen LogP contribution in [0.25, 0.3) is 16.9 Å². The molecule has 2 aromatic heterocycles. The van der Waals surface area contributed by atoms with Crippen molar-refractivity contribution < 1.29 is 0 Å². The van der Waals surface area contributed by atoms with E-state index in [1.165, 1.54) is 11.1 Å². The Bertz CT molecular complexity index is 769. The minimum absolute atomic E-state index is 0.708. The fraction of sp³-hybridized carbons (Fsp3) is 0.188. The molecule has 3 nitrogen and oxygen atoms in total. The van der Waals surface area contributed by atoms with Crippen LogP contribution >= 0.6 is 0 Å².